The molecule has 9 nitrogen and oxygen atoms in total. The number of thiophene rings is 1. The molecule has 4 atom stereocenters. The minimum atomic E-state index is -5.11. The highest BCUT2D eigenvalue weighted by molar-refractivity contribution is 7.23. The minimum absolute atomic E-state index is 0.00746. The Morgan fingerprint density at radius 3 is 2.75 bits per heavy atom. The van der Waals surface area contributed by atoms with Gasteiger partial charge < -0.3 is 20.3 Å². The van der Waals surface area contributed by atoms with Crippen molar-refractivity contribution in [1.82, 2.24) is 19.8 Å². The van der Waals surface area contributed by atoms with Crippen LogP contribution in [0, 0.1) is 23.0 Å². The van der Waals surface area contributed by atoms with Gasteiger partial charge in [0.25, 0.3) is 0 Å². The third-order valence-corrected chi connectivity index (χ3v) is 12.3. The monoisotopic (exact) mass is 743 g/mol. The van der Waals surface area contributed by atoms with Crippen molar-refractivity contribution in [2.45, 2.75) is 81.8 Å². The summed E-state index contributed by atoms with van der Waals surface area (Å²) in [6.45, 7) is 3.33. The van der Waals surface area contributed by atoms with Crippen molar-refractivity contribution in [3.8, 4) is 23.2 Å². The lowest BCUT2D eigenvalue weighted by atomic mass is 9.92. The molecular weight excluding hydrogens is 708 g/mol. The third kappa shape index (κ3) is 5.50. The van der Waals surface area contributed by atoms with E-state index in [0.29, 0.717) is 43.7 Å². The summed E-state index contributed by atoms with van der Waals surface area (Å²) in [5.41, 5.74) is 1.98. The number of benzene rings is 2. The van der Waals surface area contributed by atoms with E-state index in [1.807, 2.05) is 11.0 Å². The van der Waals surface area contributed by atoms with Crippen LogP contribution in [0.3, 0.4) is 0 Å². The SMILES string of the molecule is CCN(c1nc(OC[C@@]23CCCN2C[C@H](F)C3)nc2c(F)c(-c3ccc(F)c4sc(N)c(C#N)c34)c(C(F)(F)F)cc12)[C@H]1C[C@@H]2CCCC(=O)N2C1. The summed E-state index contributed by atoms with van der Waals surface area (Å²) in [6.07, 6.45) is -1.90. The number of nitrogens with two attached hydrogens (primary N) is 1. The topological polar surface area (TPSA) is 112 Å². The highest BCUT2D eigenvalue weighted by Gasteiger charge is 2.50. The molecule has 1 amide bonds. The molecule has 6 heterocycles. The maximum absolute atomic E-state index is 17.2. The summed E-state index contributed by atoms with van der Waals surface area (Å²) >= 11 is 0.687. The summed E-state index contributed by atoms with van der Waals surface area (Å²) < 4.78 is 98.1. The number of carbonyl (C=O) groups is 1. The first-order chi connectivity index (χ1) is 24.8. The van der Waals surface area contributed by atoms with Crippen molar-refractivity contribution in [2.24, 2.45) is 0 Å². The van der Waals surface area contributed by atoms with E-state index in [1.165, 1.54) is 0 Å². The standard InChI is InChI=1S/C36H35F6N7O2S/c1-2-48(20-11-19-5-3-6-26(50)49(19)16-20)33-22-12-24(36(40,41)42)28(21-7-8-25(38)31-27(21)23(14-43)32(44)52-31)29(39)30(22)45-34(46-33)51-17-35-9-4-10-47(35)15-18(37)13-35/h7-8,12,18-20H,2-6,9-11,13,15-17,44H2,1H3/t18-,19+,20+,35+/m1/s1. The number of aromatic nitrogens is 2. The maximum atomic E-state index is 17.2. The lowest BCUT2D eigenvalue weighted by Gasteiger charge is -2.32. The first kappa shape index (κ1) is 34.7. The summed E-state index contributed by atoms with van der Waals surface area (Å²) in [5.74, 6) is -2.16. The van der Waals surface area contributed by atoms with Crippen molar-refractivity contribution >= 4 is 49.1 Å². The van der Waals surface area contributed by atoms with Crippen LogP contribution in [0.15, 0.2) is 18.2 Å². The molecule has 0 spiro atoms. The average Bonchev–Trinajstić information content (AvgIpc) is 3.86. The van der Waals surface area contributed by atoms with Gasteiger partial charge in [0, 0.05) is 60.9 Å². The number of nitrogen functional groups attached to an aromatic ring is 1. The number of rotatable bonds is 7. The lowest BCUT2D eigenvalue weighted by molar-refractivity contribution is -0.137. The second-order valence-corrected chi connectivity index (χ2v) is 15.3. The molecule has 0 unspecified atom stereocenters. The minimum Gasteiger partial charge on any atom is -0.461 e. The Labute approximate surface area is 298 Å². The highest BCUT2D eigenvalue weighted by atomic mass is 32.1. The predicted octanol–water partition coefficient (Wildman–Crippen LogP) is 7.20. The summed E-state index contributed by atoms with van der Waals surface area (Å²) in [7, 11) is 0. The molecule has 0 radical (unpaired) electrons. The van der Waals surface area contributed by atoms with Crippen LogP contribution >= 0.6 is 11.3 Å². The number of fused-ring (bicyclic) bond motifs is 4. The quantitative estimate of drug-likeness (QED) is 0.198. The molecule has 2 aromatic carbocycles. The number of ether oxygens (including phenoxy) is 1. The number of carbonyl (C=O) groups excluding carboxylic acids is 1. The molecule has 4 aliphatic rings. The van der Waals surface area contributed by atoms with Gasteiger partial charge in [-0.05, 0) is 63.3 Å². The Kier molecular flexibility index (Phi) is 8.44. The summed E-state index contributed by atoms with van der Waals surface area (Å²) in [5, 5.41) is 9.29. The number of halogens is 6. The van der Waals surface area contributed by atoms with E-state index in [-0.39, 0.29) is 87.5 Å². The number of amides is 1. The maximum Gasteiger partial charge on any atom is 0.417 e. The van der Waals surface area contributed by atoms with Crippen molar-refractivity contribution < 1.29 is 35.9 Å². The molecule has 0 bridgehead atoms. The fraction of sp³-hybridized carbons (Fsp3) is 0.500. The number of hydrogen-bond donors (Lipinski definition) is 1. The van der Waals surface area contributed by atoms with Crippen molar-refractivity contribution in [2.75, 3.05) is 43.4 Å². The van der Waals surface area contributed by atoms with E-state index >= 15 is 17.6 Å². The molecule has 4 aromatic rings. The van der Waals surface area contributed by atoms with Gasteiger partial charge in [-0.15, -0.1) is 11.3 Å². The Morgan fingerprint density at radius 2 is 2.02 bits per heavy atom. The fourth-order valence-electron chi connectivity index (χ4n) is 9.03. The van der Waals surface area contributed by atoms with Crippen molar-refractivity contribution in [3.63, 3.8) is 0 Å². The van der Waals surface area contributed by atoms with Crippen LogP contribution in [-0.4, -0.2) is 82.3 Å². The third-order valence-electron chi connectivity index (χ3n) is 11.3. The van der Waals surface area contributed by atoms with Gasteiger partial charge in [-0.3, -0.25) is 9.69 Å². The zero-order valence-corrected chi connectivity index (χ0v) is 29.0. The molecular formula is C36H35F6N7O2S. The van der Waals surface area contributed by atoms with Gasteiger partial charge in [-0.25, -0.2) is 13.2 Å². The largest absolute Gasteiger partial charge is 0.461 e. The smallest absolute Gasteiger partial charge is 0.417 e. The van der Waals surface area contributed by atoms with Gasteiger partial charge in [0.05, 0.1) is 21.4 Å². The number of anilines is 2. The predicted molar refractivity (Wildman–Crippen MR) is 184 cm³/mol. The molecule has 2 aromatic heterocycles. The van der Waals surface area contributed by atoms with E-state index in [2.05, 4.69) is 9.97 Å². The Bertz CT molecular complexity index is 2150. The van der Waals surface area contributed by atoms with Crippen molar-refractivity contribution in [3.05, 3.63) is 41.0 Å². The van der Waals surface area contributed by atoms with Gasteiger partial charge in [0.2, 0.25) is 5.91 Å². The van der Waals surface area contributed by atoms with Crippen LogP contribution < -0.4 is 15.4 Å². The molecule has 4 saturated heterocycles. The lowest BCUT2D eigenvalue weighted by Crippen LogP contribution is -2.43. The molecule has 4 aliphatic heterocycles. The highest BCUT2D eigenvalue weighted by Crippen LogP contribution is 2.49. The average molecular weight is 744 g/mol. The molecule has 4 fully saturated rings. The molecule has 16 heteroatoms. The van der Waals surface area contributed by atoms with E-state index < -0.39 is 46.2 Å². The molecule has 8 rings (SSSR count). The summed E-state index contributed by atoms with van der Waals surface area (Å²) in [4.78, 5) is 27.4. The van der Waals surface area contributed by atoms with Gasteiger partial charge in [-0.2, -0.15) is 28.4 Å². The number of nitrogens with zero attached hydrogens (tertiary/aromatic N) is 6. The molecule has 0 saturated carbocycles. The molecule has 0 aliphatic carbocycles. The normalized spacial score (nSPS) is 24.8. The second-order valence-electron chi connectivity index (χ2n) is 14.2. The summed E-state index contributed by atoms with van der Waals surface area (Å²) in [6, 6.07) is 3.89. The molecule has 2 N–H and O–H groups in total. The van der Waals surface area contributed by atoms with E-state index in [9.17, 15) is 18.8 Å². The number of alkyl halides is 4. The number of hydrogen-bond acceptors (Lipinski definition) is 9. The fourth-order valence-corrected chi connectivity index (χ4v) is 9.98. The molecule has 274 valence electrons. The zero-order valence-electron chi connectivity index (χ0n) is 28.2. The first-order valence-corrected chi connectivity index (χ1v) is 18.3. The number of piperidine rings is 1. The van der Waals surface area contributed by atoms with Gasteiger partial charge in [0.15, 0.2) is 5.82 Å². The van der Waals surface area contributed by atoms with Crippen LogP contribution in [0.5, 0.6) is 6.01 Å². The van der Waals surface area contributed by atoms with Crippen LogP contribution in [0.1, 0.15) is 63.0 Å². The Hall–Kier alpha value is -4.36. The van der Waals surface area contributed by atoms with E-state index in [4.69, 9.17) is 10.5 Å². The number of likely N-dealkylation sites (N-methyl/N-ethyl adjacent to an activating group) is 1. The van der Waals surface area contributed by atoms with Gasteiger partial charge in [-0.1, -0.05) is 6.07 Å². The Morgan fingerprint density at radius 1 is 1.21 bits per heavy atom. The number of nitriles is 1. The first-order valence-electron chi connectivity index (χ1n) is 17.4. The van der Waals surface area contributed by atoms with E-state index in [1.54, 1.807) is 16.7 Å². The van der Waals surface area contributed by atoms with Gasteiger partial charge in [0.1, 0.15) is 41.0 Å². The van der Waals surface area contributed by atoms with E-state index in [0.717, 1.165) is 37.5 Å². The van der Waals surface area contributed by atoms with Gasteiger partial charge >= 0.3 is 12.2 Å². The van der Waals surface area contributed by atoms with Crippen LogP contribution in [0.2, 0.25) is 0 Å². The molecule has 52 heavy (non-hydrogen) atoms. The second kappa shape index (κ2) is 12.6. The Balaban J connectivity index is 1.34. The zero-order chi connectivity index (χ0) is 36.7. The van der Waals surface area contributed by atoms with Crippen LogP contribution in [0.4, 0.5) is 37.2 Å². The van der Waals surface area contributed by atoms with Crippen LogP contribution in [-0.2, 0) is 11.0 Å². The van der Waals surface area contributed by atoms with Crippen molar-refractivity contribution in [1.29, 1.82) is 5.26 Å². The van der Waals surface area contributed by atoms with Crippen LogP contribution in [0.25, 0.3) is 32.1 Å².